The Hall–Kier alpha value is -2.71. The fourth-order valence-corrected chi connectivity index (χ4v) is 4.75. The lowest BCUT2D eigenvalue weighted by molar-refractivity contribution is 0.0943. The summed E-state index contributed by atoms with van der Waals surface area (Å²) < 4.78 is 29.4. The summed E-state index contributed by atoms with van der Waals surface area (Å²) in [5.74, 6) is 0.441. The third kappa shape index (κ3) is 4.24. The molecule has 0 aliphatic carbocycles. The fourth-order valence-electron chi connectivity index (χ4n) is 3.32. The van der Waals surface area contributed by atoms with Gasteiger partial charge in [-0.3, -0.25) is 4.79 Å². The standard InChI is InChI=1S/C22H28N4O3S/c1-14(2)23-22(27)17-9-10-19-18(12-17)24-21(26(19)6)13-25(5)30(28,29)20-11-15(3)7-8-16(20)4/h7-12,14H,13H2,1-6H3,(H,23,27). The number of aromatic nitrogens is 2. The van der Waals surface area contributed by atoms with Crippen molar-refractivity contribution in [2.75, 3.05) is 7.05 Å². The predicted octanol–water partition coefficient (Wildman–Crippen LogP) is 3.15. The number of nitrogens with one attached hydrogen (secondary N) is 1. The van der Waals surface area contributed by atoms with Gasteiger partial charge in [0.15, 0.2) is 0 Å². The van der Waals surface area contributed by atoms with Crippen LogP contribution in [0.5, 0.6) is 0 Å². The van der Waals surface area contributed by atoms with Gasteiger partial charge in [-0.15, -0.1) is 0 Å². The molecule has 3 aromatic rings. The Kier molecular flexibility index (Phi) is 6.01. The van der Waals surface area contributed by atoms with Crippen LogP contribution in [0.15, 0.2) is 41.3 Å². The molecule has 7 nitrogen and oxygen atoms in total. The van der Waals surface area contributed by atoms with Crippen molar-refractivity contribution >= 4 is 27.0 Å². The first-order valence-electron chi connectivity index (χ1n) is 9.80. The molecule has 0 fully saturated rings. The molecule has 1 heterocycles. The highest BCUT2D eigenvalue weighted by Crippen LogP contribution is 2.23. The van der Waals surface area contributed by atoms with Crippen LogP contribution in [0.2, 0.25) is 0 Å². The minimum atomic E-state index is -3.66. The molecule has 0 spiro atoms. The van der Waals surface area contributed by atoms with Crippen LogP contribution in [0.3, 0.4) is 0 Å². The average Bonchev–Trinajstić information content (AvgIpc) is 2.98. The van der Waals surface area contributed by atoms with Crippen LogP contribution in [0.25, 0.3) is 11.0 Å². The topological polar surface area (TPSA) is 84.3 Å². The quantitative estimate of drug-likeness (QED) is 0.654. The molecule has 2 aromatic carbocycles. The molecule has 1 amide bonds. The van der Waals surface area contributed by atoms with Crippen LogP contribution in [0.4, 0.5) is 0 Å². The molecule has 0 saturated carbocycles. The first-order valence-corrected chi connectivity index (χ1v) is 11.2. The lowest BCUT2D eigenvalue weighted by atomic mass is 10.2. The molecule has 160 valence electrons. The number of hydrogen-bond donors (Lipinski definition) is 1. The first-order chi connectivity index (χ1) is 14.0. The molecular weight excluding hydrogens is 400 g/mol. The summed E-state index contributed by atoms with van der Waals surface area (Å²) in [4.78, 5) is 17.2. The van der Waals surface area contributed by atoms with E-state index in [9.17, 15) is 13.2 Å². The molecule has 0 aliphatic heterocycles. The Bertz CT molecular complexity index is 1210. The lowest BCUT2D eigenvalue weighted by Gasteiger charge is -2.18. The maximum absolute atomic E-state index is 13.1. The number of rotatable bonds is 6. The smallest absolute Gasteiger partial charge is 0.251 e. The van der Waals surface area contributed by atoms with E-state index in [0.29, 0.717) is 27.4 Å². The summed E-state index contributed by atoms with van der Waals surface area (Å²) in [6.45, 7) is 7.59. The van der Waals surface area contributed by atoms with Crippen LogP contribution >= 0.6 is 0 Å². The number of benzene rings is 2. The summed E-state index contributed by atoms with van der Waals surface area (Å²) in [6, 6.07) is 10.8. The Morgan fingerprint density at radius 3 is 2.53 bits per heavy atom. The maximum Gasteiger partial charge on any atom is 0.251 e. The summed E-state index contributed by atoms with van der Waals surface area (Å²) in [5, 5.41) is 2.86. The molecule has 1 aromatic heterocycles. The van der Waals surface area contributed by atoms with E-state index in [4.69, 9.17) is 0 Å². The van der Waals surface area contributed by atoms with Crippen LogP contribution in [-0.2, 0) is 23.6 Å². The van der Waals surface area contributed by atoms with Crippen molar-refractivity contribution in [1.82, 2.24) is 19.2 Å². The predicted molar refractivity (Wildman–Crippen MR) is 118 cm³/mol. The molecule has 0 unspecified atom stereocenters. The summed E-state index contributed by atoms with van der Waals surface area (Å²) in [6.07, 6.45) is 0. The van der Waals surface area contributed by atoms with Gasteiger partial charge < -0.3 is 9.88 Å². The molecule has 0 saturated heterocycles. The number of amides is 1. The van der Waals surface area contributed by atoms with Gasteiger partial charge in [-0.1, -0.05) is 12.1 Å². The molecule has 0 bridgehead atoms. The third-order valence-corrected chi connectivity index (χ3v) is 7.00. The van der Waals surface area contributed by atoms with Gasteiger partial charge in [-0.25, -0.2) is 13.4 Å². The number of imidazole rings is 1. The number of sulfonamides is 1. The minimum absolute atomic E-state index is 0.0384. The van der Waals surface area contributed by atoms with Gasteiger partial charge in [0.05, 0.1) is 22.5 Å². The van der Waals surface area contributed by atoms with Crippen LogP contribution in [0, 0.1) is 13.8 Å². The minimum Gasteiger partial charge on any atom is -0.350 e. The number of aryl methyl sites for hydroxylation is 3. The van der Waals surface area contributed by atoms with E-state index in [1.807, 2.05) is 50.6 Å². The highest BCUT2D eigenvalue weighted by Gasteiger charge is 2.25. The van der Waals surface area contributed by atoms with Crippen molar-refractivity contribution in [3.05, 3.63) is 58.9 Å². The Balaban J connectivity index is 1.92. The molecule has 0 radical (unpaired) electrons. The van der Waals surface area contributed by atoms with Crippen molar-refractivity contribution in [1.29, 1.82) is 0 Å². The van der Waals surface area contributed by atoms with Gasteiger partial charge in [0.25, 0.3) is 5.91 Å². The van der Waals surface area contributed by atoms with E-state index in [-0.39, 0.29) is 18.5 Å². The molecule has 8 heteroatoms. The zero-order valence-corrected chi connectivity index (χ0v) is 19.0. The first kappa shape index (κ1) is 22.0. The van der Waals surface area contributed by atoms with Crippen molar-refractivity contribution in [2.45, 2.75) is 45.2 Å². The zero-order chi connectivity index (χ0) is 22.2. The third-order valence-electron chi connectivity index (χ3n) is 5.05. The second kappa shape index (κ2) is 8.20. The second-order valence-corrected chi connectivity index (χ2v) is 9.96. The average molecular weight is 429 g/mol. The summed E-state index contributed by atoms with van der Waals surface area (Å²) in [7, 11) is -0.266. The van der Waals surface area contributed by atoms with Crippen LogP contribution in [-0.4, -0.2) is 41.3 Å². The zero-order valence-electron chi connectivity index (χ0n) is 18.2. The van der Waals surface area contributed by atoms with Crippen molar-refractivity contribution in [3.63, 3.8) is 0 Å². The summed E-state index contributed by atoms with van der Waals surface area (Å²) >= 11 is 0. The number of carbonyl (C=O) groups excluding carboxylic acids is 1. The number of nitrogens with zero attached hydrogens (tertiary/aromatic N) is 3. The number of hydrogen-bond acceptors (Lipinski definition) is 4. The Labute approximate surface area is 177 Å². The van der Waals surface area contributed by atoms with Gasteiger partial charge in [-0.05, 0) is 63.1 Å². The normalized spacial score (nSPS) is 12.1. The van der Waals surface area contributed by atoms with Gasteiger partial charge >= 0.3 is 0 Å². The monoisotopic (exact) mass is 428 g/mol. The van der Waals surface area contributed by atoms with E-state index < -0.39 is 10.0 Å². The maximum atomic E-state index is 13.1. The second-order valence-electron chi connectivity index (χ2n) is 7.95. The molecule has 1 N–H and O–H groups in total. The molecular formula is C22H28N4O3S. The van der Waals surface area contributed by atoms with Crippen molar-refractivity contribution in [3.8, 4) is 0 Å². The van der Waals surface area contributed by atoms with Gasteiger partial charge in [-0.2, -0.15) is 4.31 Å². The molecule has 0 aliphatic rings. The number of carbonyl (C=O) groups is 1. The van der Waals surface area contributed by atoms with Gasteiger partial charge in [0.1, 0.15) is 5.82 Å². The van der Waals surface area contributed by atoms with Gasteiger partial charge in [0.2, 0.25) is 10.0 Å². The van der Waals surface area contributed by atoms with E-state index in [0.717, 1.165) is 11.1 Å². The van der Waals surface area contributed by atoms with E-state index in [1.165, 1.54) is 4.31 Å². The van der Waals surface area contributed by atoms with E-state index in [1.54, 1.807) is 32.2 Å². The Morgan fingerprint density at radius 1 is 1.17 bits per heavy atom. The SMILES string of the molecule is Cc1ccc(C)c(S(=O)(=O)N(C)Cc2nc3cc(C(=O)NC(C)C)ccc3n2C)c1. The molecule has 30 heavy (non-hydrogen) atoms. The molecule has 3 rings (SSSR count). The fraction of sp³-hybridized carbons (Fsp3) is 0.364. The summed E-state index contributed by atoms with van der Waals surface area (Å²) in [5.41, 5.74) is 3.61. The van der Waals surface area contributed by atoms with Crippen LogP contribution < -0.4 is 5.32 Å². The highest BCUT2D eigenvalue weighted by molar-refractivity contribution is 7.89. The molecule has 0 atom stereocenters. The largest absolute Gasteiger partial charge is 0.350 e. The van der Waals surface area contributed by atoms with E-state index in [2.05, 4.69) is 10.3 Å². The number of fused-ring (bicyclic) bond motifs is 1. The van der Waals surface area contributed by atoms with Crippen LogP contribution in [0.1, 0.15) is 41.2 Å². The highest BCUT2D eigenvalue weighted by atomic mass is 32.2. The van der Waals surface area contributed by atoms with Crippen molar-refractivity contribution in [2.24, 2.45) is 7.05 Å². The van der Waals surface area contributed by atoms with Crippen molar-refractivity contribution < 1.29 is 13.2 Å². The van der Waals surface area contributed by atoms with E-state index >= 15 is 0 Å². The van der Waals surface area contributed by atoms with Gasteiger partial charge in [0, 0.05) is 25.7 Å². The lowest BCUT2D eigenvalue weighted by Crippen LogP contribution is -2.29. The Morgan fingerprint density at radius 2 is 1.87 bits per heavy atom.